The van der Waals surface area contributed by atoms with Crippen LogP contribution in [0.5, 0.6) is 5.75 Å². The summed E-state index contributed by atoms with van der Waals surface area (Å²) in [4.78, 5) is 16.6. The minimum atomic E-state index is -0.615. The maximum Gasteiger partial charge on any atom is 0.412 e. The van der Waals surface area contributed by atoms with Gasteiger partial charge in [0, 0.05) is 11.3 Å². The van der Waals surface area contributed by atoms with Gasteiger partial charge < -0.3 is 14.8 Å². The third-order valence-electron chi connectivity index (χ3n) is 4.94. The average Bonchev–Trinajstić information content (AvgIpc) is 3.08. The fourth-order valence-corrected chi connectivity index (χ4v) is 3.65. The normalized spacial score (nSPS) is 11.4. The van der Waals surface area contributed by atoms with Crippen LogP contribution in [0.25, 0.3) is 5.52 Å². The van der Waals surface area contributed by atoms with Gasteiger partial charge in [0.05, 0.1) is 16.9 Å². The number of amides is 1. The second-order valence-corrected chi connectivity index (χ2v) is 9.29. The molecule has 0 aliphatic heterocycles. The first-order chi connectivity index (χ1) is 16.6. The summed E-state index contributed by atoms with van der Waals surface area (Å²) in [5, 5.41) is 10.6. The number of rotatable bonds is 6. The van der Waals surface area contributed by atoms with Crippen molar-refractivity contribution in [1.29, 1.82) is 0 Å². The molecule has 0 aliphatic carbocycles. The highest BCUT2D eigenvalue weighted by molar-refractivity contribution is 6.32. The summed E-state index contributed by atoms with van der Waals surface area (Å²) in [5.41, 5.74) is 2.76. The van der Waals surface area contributed by atoms with Crippen LogP contribution < -0.4 is 15.4 Å². The molecule has 4 aromatic rings. The van der Waals surface area contributed by atoms with E-state index in [1.165, 1.54) is 18.5 Å². The zero-order valence-electron chi connectivity index (χ0n) is 19.7. The van der Waals surface area contributed by atoms with Crippen LogP contribution in [0.1, 0.15) is 31.9 Å². The topological polar surface area (TPSA) is 89.8 Å². The second-order valence-electron chi connectivity index (χ2n) is 8.89. The molecule has 2 heterocycles. The van der Waals surface area contributed by atoms with Crippen molar-refractivity contribution in [2.45, 2.75) is 39.9 Å². The number of anilines is 3. The van der Waals surface area contributed by atoms with Crippen molar-refractivity contribution in [1.82, 2.24) is 14.6 Å². The first-order valence-corrected chi connectivity index (χ1v) is 11.2. The molecule has 35 heavy (non-hydrogen) atoms. The number of hydrogen-bond acceptors (Lipinski definition) is 6. The number of fused-ring (bicyclic) bond motifs is 1. The molecule has 1 amide bonds. The lowest BCUT2D eigenvalue weighted by Crippen LogP contribution is -2.27. The Morgan fingerprint density at radius 2 is 2.00 bits per heavy atom. The third-order valence-corrected chi connectivity index (χ3v) is 5.24. The Hall–Kier alpha value is -3.85. The van der Waals surface area contributed by atoms with Gasteiger partial charge in [0.2, 0.25) is 0 Å². The molecule has 182 valence electrons. The van der Waals surface area contributed by atoms with Gasteiger partial charge >= 0.3 is 6.09 Å². The highest BCUT2D eigenvalue weighted by Crippen LogP contribution is 2.32. The number of benzene rings is 2. The van der Waals surface area contributed by atoms with Gasteiger partial charge in [-0.2, -0.15) is 5.10 Å². The highest BCUT2D eigenvalue weighted by Gasteiger charge is 2.19. The van der Waals surface area contributed by atoms with E-state index in [1.807, 2.05) is 6.92 Å². The summed E-state index contributed by atoms with van der Waals surface area (Å²) in [7, 11) is 0. The molecule has 0 atom stereocenters. The van der Waals surface area contributed by atoms with E-state index < -0.39 is 11.7 Å². The van der Waals surface area contributed by atoms with Crippen molar-refractivity contribution in [3.05, 3.63) is 77.0 Å². The van der Waals surface area contributed by atoms with Gasteiger partial charge in [-0.1, -0.05) is 23.7 Å². The smallest absolute Gasteiger partial charge is 0.412 e. The molecule has 0 fully saturated rings. The SMILES string of the molecule is Cc1c(NC(=O)OC(C)(C)C)cn2ncnc(Nc3ccc(OCc4cccc(F)c4)c(Cl)c3)c12. The number of carbonyl (C=O) groups excluding carboxylic acids is 1. The van der Waals surface area contributed by atoms with Crippen LogP contribution in [0.15, 0.2) is 55.0 Å². The fraction of sp³-hybridized carbons (Fsp3) is 0.240. The van der Waals surface area contributed by atoms with Gasteiger partial charge in [-0.05, 0) is 63.6 Å². The summed E-state index contributed by atoms with van der Waals surface area (Å²) < 4.78 is 26.1. The summed E-state index contributed by atoms with van der Waals surface area (Å²) in [6, 6.07) is 11.4. The lowest BCUT2D eigenvalue weighted by molar-refractivity contribution is 0.0636. The number of ether oxygens (including phenoxy) is 2. The number of nitrogens with zero attached hydrogens (tertiary/aromatic N) is 3. The Balaban J connectivity index is 1.51. The molecule has 10 heteroatoms. The van der Waals surface area contributed by atoms with Gasteiger partial charge in [0.1, 0.15) is 35.6 Å². The predicted molar refractivity (Wildman–Crippen MR) is 133 cm³/mol. The average molecular weight is 498 g/mol. The number of nitrogens with one attached hydrogen (secondary N) is 2. The van der Waals surface area contributed by atoms with Crippen LogP contribution in [0, 0.1) is 12.7 Å². The Morgan fingerprint density at radius 3 is 2.71 bits per heavy atom. The summed E-state index contributed by atoms with van der Waals surface area (Å²) >= 11 is 6.42. The molecular formula is C25H25ClFN5O3. The molecule has 0 radical (unpaired) electrons. The second kappa shape index (κ2) is 9.79. The van der Waals surface area contributed by atoms with Crippen LogP contribution in [0.2, 0.25) is 5.02 Å². The van der Waals surface area contributed by atoms with Gasteiger partial charge in [-0.15, -0.1) is 0 Å². The number of aryl methyl sites for hydroxylation is 1. The maximum absolute atomic E-state index is 13.4. The van der Waals surface area contributed by atoms with Crippen LogP contribution in [-0.2, 0) is 11.3 Å². The molecule has 0 spiro atoms. The Kier molecular flexibility index (Phi) is 6.79. The zero-order valence-corrected chi connectivity index (χ0v) is 20.5. The van der Waals surface area contributed by atoms with Crippen molar-refractivity contribution in [3.8, 4) is 5.75 Å². The molecule has 8 nitrogen and oxygen atoms in total. The van der Waals surface area contributed by atoms with E-state index >= 15 is 0 Å². The highest BCUT2D eigenvalue weighted by atomic mass is 35.5. The minimum absolute atomic E-state index is 0.188. The first kappa shape index (κ1) is 24.3. The van der Waals surface area contributed by atoms with Crippen molar-refractivity contribution >= 4 is 40.4 Å². The van der Waals surface area contributed by atoms with Gasteiger partial charge in [0.25, 0.3) is 0 Å². The van der Waals surface area contributed by atoms with E-state index in [-0.39, 0.29) is 12.4 Å². The fourth-order valence-electron chi connectivity index (χ4n) is 3.41. The van der Waals surface area contributed by atoms with Crippen LogP contribution in [0.4, 0.5) is 26.4 Å². The van der Waals surface area contributed by atoms with Gasteiger partial charge in [-0.3, -0.25) is 5.32 Å². The lowest BCUT2D eigenvalue weighted by Gasteiger charge is -2.19. The summed E-state index contributed by atoms with van der Waals surface area (Å²) in [5.74, 6) is 0.675. The number of aromatic nitrogens is 3. The number of carbonyl (C=O) groups is 1. The molecule has 0 saturated carbocycles. The maximum atomic E-state index is 13.4. The number of halogens is 2. The Bertz CT molecular complexity index is 1380. The molecule has 2 aromatic carbocycles. The Morgan fingerprint density at radius 1 is 1.20 bits per heavy atom. The number of hydrogen-bond donors (Lipinski definition) is 2. The third kappa shape index (κ3) is 5.99. The monoisotopic (exact) mass is 497 g/mol. The van der Waals surface area contributed by atoms with Crippen LogP contribution in [0.3, 0.4) is 0 Å². The predicted octanol–water partition coefficient (Wildman–Crippen LogP) is 6.50. The molecule has 2 N–H and O–H groups in total. The molecule has 0 bridgehead atoms. The van der Waals surface area contributed by atoms with E-state index in [1.54, 1.807) is 61.8 Å². The molecular weight excluding hydrogens is 473 g/mol. The summed E-state index contributed by atoms with van der Waals surface area (Å²) in [6.07, 6.45) is 2.54. The van der Waals surface area contributed by atoms with E-state index in [0.717, 1.165) is 5.56 Å². The first-order valence-electron chi connectivity index (χ1n) is 10.9. The standard InChI is InChI=1S/C25H25ClFN5O3/c1-15-20(31-24(33)35-25(2,3)4)12-32-22(15)23(28-14-29-32)30-18-8-9-21(19(26)11-18)34-13-16-6-5-7-17(27)10-16/h5-12,14H,13H2,1-4H3,(H,31,33)(H,28,29,30). The zero-order chi connectivity index (χ0) is 25.2. The van der Waals surface area contributed by atoms with Crippen molar-refractivity contribution < 1.29 is 18.7 Å². The van der Waals surface area contributed by atoms with Crippen LogP contribution >= 0.6 is 11.6 Å². The van der Waals surface area contributed by atoms with E-state index in [2.05, 4.69) is 20.7 Å². The van der Waals surface area contributed by atoms with Gasteiger partial charge in [-0.25, -0.2) is 18.7 Å². The Labute approximate surface area is 207 Å². The summed E-state index contributed by atoms with van der Waals surface area (Å²) in [6.45, 7) is 7.44. The van der Waals surface area contributed by atoms with E-state index in [9.17, 15) is 9.18 Å². The van der Waals surface area contributed by atoms with E-state index in [4.69, 9.17) is 21.1 Å². The molecule has 0 saturated heterocycles. The van der Waals surface area contributed by atoms with Gasteiger partial charge in [0.15, 0.2) is 5.82 Å². The quantitative estimate of drug-likeness (QED) is 0.316. The molecule has 2 aromatic heterocycles. The van der Waals surface area contributed by atoms with Crippen molar-refractivity contribution in [3.63, 3.8) is 0 Å². The minimum Gasteiger partial charge on any atom is -0.487 e. The molecule has 4 rings (SSSR count). The van der Waals surface area contributed by atoms with E-state index in [0.29, 0.717) is 39.0 Å². The van der Waals surface area contributed by atoms with Crippen LogP contribution in [-0.4, -0.2) is 26.3 Å². The van der Waals surface area contributed by atoms with Crippen molar-refractivity contribution in [2.75, 3.05) is 10.6 Å². The van der Waals surface area contributed by atoms with Crippen molar-refractivity contribution in [2.24, 2.45) is 0 Å². The molecule has 0 unspecified atom stereocenters. The molecule has 0 aliphatic rings. The largest absolute Gasteiger partial charge is 0.487 e. The lowest BCUT2D eigenvalue weighted by atomic mass is 10.2.